The van der Waals surface area contributed by atoms with E-state index in [0.29, 0.717) is 10.6 Å². The van der Waals surface area contributed by atoms with Gasteiger partial charge in [-0.2, -0.15) is 0 Å². The minimum Gasteiger partial charge on any atom is -0.497 e. The van der Waals surface area contributed by atoms with Gasteiger partial charge in [-0.25, -0.2) is 8.42 Å². The Kier molecular flexibility index (Phi) is 5.13. The lowest BCUT2D eigenvalue weighted by Crippen LogP contribution is -2.34. The first kappa shape index (κ1) is 15.8. The number of rotatable bonds is 5. The highest BCUT2D eigenvalue weighted by Crippen LogP contribution is 2.40. The monoisotopic (exact) mass is 360 g/mol. The molecule has 0 spiro atoms. The molecule has 2 rings (SSSR count). The molecule has 0 aromatic heterocycles. The summed E-state index contributed by atoms with van der Waals surface area (Å²) >= 11 is 3.53. The number of sulfone groups is 1. The SMILES string of the molecule is COc1ccc(S(=O)(=O)CC2(CBr)CCCCC2)cc1. The smallest absolute Gasteiger partial charge is 0.178 e. The summed E-state index contributed by atoms with van der Waals surface area (Å²) in [4.78, 5) is 0.393. The van der Waals surface area contributed by atoms with Gasteiger partial charge in [0.2, 0.25) is 0 Å². The maximum Gasteiger partial charge on any atom is 0.178 e. The van der Waals surface area contributed by atoms with Crippen molar-refractivity contribution in [3.05, 3.63) is 24.3 Å². The van der Waals surface area contributed by atoms with E-state index in [1.54, 1.807) is 31.4 Å². The number of ether oxygens (including phenoxy) is 1. The number of alkyl halides is 1. The second kappa shape index (κ2) is 6.48. The Morgan fingerprint density at radius 1 is 1.15 bits per heavy atom. The minimum absolute atomic E-state index is 0.100. The predicted octanol–water partition coefficient (Wildman–Crippen LogP) is 3.81. The van der Waals surface area contributed by atoms with Crippen LogP contribution in [0.1, 0.15) is 32.1 Å². The molecule has 0 saturated heterocycles. The van der Waals surface area contributed by atoms with Gasteiger partial charge < -0.3 is 4.74 Å². The van der Waals surface area contributed by atoms with Crippen molar-refractivity contribution in [2.75, 3.05) is 18.2 Å². The summed E-state index contributed by atoms with van der Waals surface area (Å²) in [7, 11) is -1.67. The molecule has 5 heteroatoms. The Morgan fingerprint density at radius 3 is 2.25 bits per heavy atom. The quantitative estimate of drug-likeness (QED) is 0.749. The Hall–Kier alpha value is -0.550. The van der Waals surface area contributed by atoms with Gasteiger partial charge in [0, 0.05) is 5.33 Å². The lowest BCUT2D eigenvalue weighted by molar-refractivity contribution is 0.256. The number of hydrogen-bond acceptors (Lipinski definition) is 3. The van der Waals surface area contributed by atoms with Crippen LogP contribution in [0.15, 0.2) is 29.2 Å². The summed E-state index contributed by atoms with van der Waals surface area (Å²) < 4.78 is 30.3. The molecule has 20 heavy (non-hydrogen) atoms. The van der Waals surface area contributed by atoms with Gasteiger partial charge in [-0.15, -0.1) is 0 Å². The van der Waals surface area contributed by atoms with E-state index in [9.17, 15) is 8.42 Å². The highest BCUT2D eigenvalue weighted by atomic mass is 79.9. The summed E-state index contributed by atoms with van der Waals surface area (Å²) in [5.74, 6) is 0.911. The van der Waals surface area contributed by atoms with E-state index in [1.807, 2.05) is 0 Å². The van der Waals surface area contributed by atoms with Crippen LogP contribution in [0.3, 0.4) is 0 Å². The minimum atomic E-state index is -3.24. The first-order valence-corrected chi connectivity index (χ1v) is 9.72. The van der Waals surface area contributed by atoms with Gasteiger partial charge >= 0.3 is 0 Å². The zero-order valence-corrected chi connectivity index (χ0v) is 14.2. The van der Waals surface area contributed by atoms with E-state index in [4.69, 9.17) is 4.74 Å². The van der Waals surface area contributed by atoms with Crippen LogP contribution in [-0.2, 0) is 9.84 Å². The van der Waals surface area contributed by atoms with Crippen molar-refractivity contribution in [2.45, 2.75) is 37.0 Å². The van der Waals surface area contributed by atoms with Crippen molar-refractivity contribution in [1.29, 1.82) is 0 Å². The zero-order valence-electron chi connectivity index (χ0n) is 11.8. The molecule has 1 saturated carbocycles. The van der Waals surface area contributed by atoms with Crippen molar-refractivity contribution in [2.24, 2.45) is 5.41 Å². The van der Waals surface area contributed by atoms with E-state index in [-0.39, 0.29) is 11.2 Å². The number of halogens is 1. The summed E-state index contributed by atoms with van der Waals surface area (Å²) in [6, 6.07) is 6.68. The molecule has 1 fully saturated rings. The molecule has 0 heterocycles. The summed E-state index contributed by atoms with van der Waals surface area (Å²) in [5, 5.41) is 0.759. The van der Waals surface area contributed by atoms with Gasteiger partial charge in [-0.05, 0) is 42.5 Å². The number of hydrogen-bond donors (Lipinski definition) is 0. The van der Waals surface area contributed by atoms with Crippen molar-refractivity contribution < 1.29 is 13.2 Å². The fourth-order valence-electron chi connectivity index (χ4n) is 2.89. The highest BCUT2D eigenvalue weighted by molar-refractivity contribution is 9.09. The van der Waals surface area contributed by atoms with Crippen LogP contribution in [0, 0.1) is 5.41 Å². The molecule has 0 radical (unpaired) electrons. The van der Waals surface area contributed by atoms with Gasteiger partial charge in [0.1, 0.15) is 5.75 Å². The normalized spacial score (nSPS) is 18.7. The molecule has 1 aromatic rings. The molecule has 0 amide bonds. The maximum absolute atomic E-state index is 12.6. The molecule has 1 aromatic carbocycles. The van der Waals surface area contributed by atoms with Crippen molar-refractivity contribution in [3.63, 3.8) is 0 Å². The maximum atomic E-state index is 12.6. The standard InChI is InChI=1S/C15H21BrO3S/c1-19-13-5-7-14(8-6-13)20(17,18)12-15(11-16)9-3-2-4-10-15/h5-8H,2-4,9-12H2,1H3. The van der Waals surface area contributed by atoms with Gasteiger partial charge in [0.05, 0.1) is 17.8 Å². The molecule has 0 aliphatic heterocycles. The van der Waals surface area contributed by atoms with Crippen LogP contribution in [-0.4, -0.2) is 26.6 Å². The van der Waals surface area contributed by atoms with Gasteiger partial charge in [0.15, 0.2) is 9.84 Å². The van der Waals surface area contributed by atoms with E-state index < -0.39 is 9.84 Å². The first-order chi connectivity index (χ1) is 9.51. The van der Waals surface area contributed by atoms with E-state index in [1.165, 1.54) is 6.42 Å². The lowest BCUT2D eigenvalue weighted by atomic mass is 9.77. The number of benzene rings is 1. The molecule has 0 unspecified atom stereocenters. The zero-order chi connectivity index (χ0) is 14.6. The third-order valence-corrected chi connectivity index (χ3v) is 7.28. The highest BCUT2D eigenvalue weighted by Gasteiger charge is 2.36. The van der Waals surface area contributed by atoms with Crippen LogP contribution in [0.5, 0.6) is 5.75 Å². The molecule has 0 bridgehead atoms. The third-order valence-electron chi connectivity index (χ3n) is 4.11. The van der Waals surface area contributed by atoms with Crippen LogP contribution in [0.2, 0.25) is 0 Å². The lowest BCUT2D eigenvalue weighted by Gasteiger charge is -2.35. The van der Waals surface area contributed by atoms with Crippen LogP contribution in [0.25, 0.3) is 0 Å². The average Bonchev–Trinajstić information content (AvgIpc) is 2.48. The third kappa shape index (κ3) is 3.55. The van der Waals surface area contributed by atoms with Crippen molar-refractivity contribution in [3.8, 4) is 5.75 Å². The fourth-order valence-corrected chi connectivity index (χ4v) is 5.82. The Balaban J connectivity index is 2.20. The molecular weight excluding hydrogens is 340 g/mol. The van der Waals surface area contributed by atoms with Gasteiger partial charge in [-0.3, -0.25) is 0 Å². The topological polar surface area (TPSA) is 43.4 Å². The van der Waals surface area contributed by atoms with Crippen molar-refractivity contribution in [1.82, 2.24) is 0 Å². The second-order valence-corrected chi connectivity index (χ2v) is 8.18. The summed E-state index contributed by atoms with van der Waals surface area (Å²) in [6.07, 6.45) is 5.46. The van der Waals surface area contributed by atoms with Gasteiger partial charge in [0.25, 0.3) is 0 Å². The molecule has 0 N–H and O–H groups in total. The van der Waals surface area contributed by atoms with Crippen molar-refractivity contribution >= 4 is 25.8 Å². The molecule has 0 atom stereocenters. The molecule has 112 valence electrons. The molecule has 1 aliphatic rings. The second-order valence-electron chi connectivity index (χ2n) is 5.63. The fraction of sp³-hybridized carbons (Fsp3) is 0.600. The Morgan fingerprint density at radius 2 is 1.75 bits per heavy atom. The van der Waals surface area contributed by atoms with Gasteiger partial charge in [-0.1, -0.05) is 35.2 Å². The van der Waals surface area contributed by atoms with Crippen LogP contribution >= 0.6 is 15.9 Å². The van der Waals surface area contributed by atoms with E-state index in [0.717, 1.165) is 31.0 Å². The largest absolute Gasteiger partial charge is 0.497 e. The first-order valence-electron chi connectivity index (χ1n) is 6.94. The van der Waals surface area contributed by atoms with E-state index >= 15 is 0 Å². The molecule has 3 nitrogen and oxygen atoms in total. The average molecular weight is 361 g/mol. The summed E-state index contributed by atoms with van der Waals surface area (Å²) in [5.41, 5.74) is -0.100. The molecular formula is C15H21BrO3S. The summed E-state index contributed by atoms with van der Waals surface area (Å²) in [6.45, 7) is 0. The molecule has 1 aliphatic carbocycles. The van der Waals surface area contributed by atoms with Crippen LogP contribution in [0.4, 0.5) is 0 Å². The number of methoxy groups -OCH3 is 1. The van der Waals surface area contributed by atoms with E-state index in [2.05, 4.69) is 15.9 Å². The Labute approximate surface area is 129 Å². The van der Waals surface area contributed by atoms with Crippen LogP contribution < -0.4 is 4.74 Å². The predicted molar refractivity (Wildman–Crippen MR) is 84.4 cm³/mol. The Bertz CT molecular complexity index is 531.